The highest BCUT2D eigenvalue weighted by molar-refractivity contribution is 7.99. The third kappa shape index (κ3) is 24.9. The standard InChI is InChI=1S/C20H43O6PS2/c1-3-5-7-9-11-13-17-28-19-15-23-25-27(21,22)26-24-16-20-29-18-14-12-10-8-6-4-2/h3-20H2,1-2H3,(H,21,22). The van der Waals surface area contributed by atoms with Gasteiger partial charge < -0.3 is 0 Å². The summed E-state index contributed by atoms with van der Waals surface area (Å²) < 4.78 is 20.5. The molecule has 9 heteroatoms. The van der Waals surface area contributed by atoms with Crippen LogP contribution in [0.5, 0.6) is 0 Å². The molecule has 0 aliphatic carbocycles. The van der Waals surface area contributed by atoms with Crippen molar-refractivity contribution in [1.29, 1.82) is 0 Å². The van der Waals surface area contributed by atoms with Crippen molar-refractivity contribution in [2.75, 3.05) is 36.2 Å². The Labute approximate surface area is 187 Å². The highest BCUT2D eigenvalue weighted by Gasteiger charge is 2.24. The van der Waals surface area contributed by atoms with Crippen LogP contribution < -0.4 is 0 Å². The molecular weight excluding hydrogens is 431 g/mol. The quantitative estimate of drug-likeness (QED) is 0.0683. The van der Waals surface area contributed by atoms with Crippen LogP contribution in [0.2, 0.25) is 0 Å². The number of phosphoric acid groups is 1. The van der Waals surface area contributed by atoms with E-state index in [0.717, 1.165) is 11.5 Å². The van der Waals surface area contributed by atoms with Crippen molar-refractivity contribution in [3.05, 3.63) is 0 Å². The van der Waals surface area contributed by atoms with E-state index in [9.17, 15) is 9.46 Å². The van der Waals surface area contributed by atoms with Gasteiger partial charge in [-0.25, -0.2) is 14.3 Å². The van der Waals surface area contributed by atoms with Gasteiger partial charge in [-0.2, -0.15) is 23.5 Å². The van der Waals surface area contributed by atoms with Gasteiger partial charge in [0.25, 0.3) is 0 Å². The fraction of sp³-hybridized carbons (Fsp3) is 1.00. The minimum absolute atomic E-state index is 0.239. The Morgan fingerprint density at radius 3 is 1.41 bits per heavy atom. The Kier molecular flexibility index (Phi) is 24.0. The molecule has 0 atom stereocenters. The lowest BCUT2D eigenvalue weighted by Crippen LogP contribution is -2.03. The molecule has 0 aromatic carbocycles. The van der Waals surface area contributed by atoms with Gasteiger partial charge in [0.05, 0.1) is 13.2 Å². The average Bonchev–Trinajstić information content (AvgIpc) is 2.70. The fourth-order valence-electron chi connectivity index (χ4n) is 2.58. The predicted octanol–water partition coefficient (Wildman–Crippen LogP) is 7.17. The number of hydrogen-bond acceptors (Lipinski definition) is 7. The van der Waals surface area contributed by atoms with E-state index in [1.165, 1.54) is 77.0 Å². The zero-order valence-corrected chi connectivity index (χ0v) is 21.0. The normalized spacial score (nSPS) is 12.0. The van der Waals surface area contributed by atoms with Crippen LogP contribution in [-0.2, 0) is 23.7 Å². The molecule has 0 rings (SSSR count). The van der Waals surface area contributed by atoms with Crippen LogP contribution in [0.1, 0.15) is 90.9 Å². The molecule has 0 amide bonds. The second-order valence-electron chi connectivity index (χ2n) is 7.02. The van der Waals surface area contributed by atoms with Gasteiger partial charge in [0, 0.05) is 11.5 Å². The molecule has 176 valence electrons. The monoisotopic (exact) mass is 474 g/mol. The molecule has 6 nitrogen and oxygen atoms in total. The molecule has 0 heterocycles. The minimum atomic E-state index is -4.31. The first-order valence-corrected chi connectivity index (χ1v) is 15.0. The van der Waals surface area contributed by atoms with Gasteiger partial charge in [0.2, 0.25) is 0 Å². The van der Waals surface area contributed by atoms with Gasteiger partial charge in [0.15, 0.2) is 0 Å². The molecule has 0 saturated carbocycles. The lowest BCUT2D eigenvalue weighted by molar-refractivity contribution is -0.274. The number of hydrogen-bond donors (Lipinski definition) is 1. The second-order valence-corrected chi connectivity index (χ2v) is 10.7. The largest absolute Gasteiger partial charge is 0.526 e. The summed E-state index contributed by atoms with van der Waals surface area (Å²) in [5, 5.41) is 0. The van der Waals surface area contributed by atoms with E-state index in [1.54, 1.807) is 23.5 Å². The maximum atomic E-state index is 11.6. The fourth-order valence-corrected chi connectivity index (χ4v) is 4.62. The molecule has 0 aromatic heterocycles. The molecule has 0 spiro atoms. The maximum absolute atomic E-state index is 11.6. The Bertz CT molecular complexity index is 347. The summed E-state index contributed by atoms with van der Waals surface area (Å²) in [6.07, 6.45) is 15.4. The van der Waals surface area contributed by atoms with Crippen LogP contribution in [0.4, 0.5) is 0 Å². The summed E-state index contributed by atoms with van der Waals surface area (Å²) in [4.78, 5) is 19.0. The van der Waals surface area contributed by atoms with Crippen LogP contribution in [0.25, 0.3) is 0 Å². The van der Waals surface area contributed by atoms with Crippen molar-refractivity contribution in [3.8, 4) is 0 Å². The van der Waals surface area contributed by atoms with E-state index >= 15 is 0 Å². The first-order valence-electron chi connectivity index (χ1n) is 11.2. The van der Waals surface area contributed by atoms with E-state index < -0.39 is 7.82 Å². The lowest BCUT2D eigenvalue weighted by Gasteiger charge is -2.10. The van der Waals surface area contributed by atoms with E-state index in [1.807, 2.05) is 0 Å². The molecule has 0 aliphatic rings. The smallest absolute Gasteiger partial charge is 0.299 e. The molecule has 0 aromatic rings. The zero-order valence-electron chi connectivity index (χ0n) is 18.5. The molecule has 0 saturated heterocycles. The first kappa shape index (κ1) is 29.7. The van der Waals surface area contributed by atoms with E-state index in [4.69, 9.17) is 9.78 Å². The number of thioether (sulfide) groups is 2. The van der Waals surface area contributed by atoms with Crippen molar-refractivity contribution in [1.82, 2.24) is 0 Å². The van der Waals surface area contributed by atoms with Crippen molar-refractivity contribution in [2.24, 2.45) is 0 Å². The number of unbranched alkanes of at least 4 members (excludes halogenated alkanes) is 10. The van der Waals surface area contributed by atoms with Crippen molar-refractivity contribution in [2.45, 2.75) is 90.9 Å². The van der Waals surface area contributed by atoms with E-state index in [2.05, 4.69) is 23.2 Å². The highest BCUT2D eigenvalue weighted by Crippen LogP contribution is 2.43. The van der Waals surface area contributed by atoms with E-state index in [-0.39, 0.29) is 13.2 Å². The molecular formula is C20H43O6PS2. The highest BCUT2D eigenvalue weighted by atomic mass is 32.2. The molecule has 0 unspecified atom stereocenters. The Morgan fingerprint density at radius 2 is 1.00 bits per heavy atom. The Morgan fingerprint density at radius 1 is 0.621 bits per heavy atom. The molecule has 1 N–H and O–H groups in total. The van der Waals surface area contributed by atoms with Gasteiger partial charge in [-0.1, -0.05) is 78.1 Å². The average molecular weight is 475 g/mol. The predicted molar refractivity (Wildman–Crippen MR) is 125 cm³/mol. The summed E-state index contributed by atoms with van der Waals surface area (Å²) in [5.74, 6) is 3.57. The van der Waals surface area contributed by atoms with Crippen molar-refractivity contribution < 1.29 is 28.6 Å². The van der Waals surface area contributed by atoms with Crippen molar-refractivity contribution in [3.63, 3.8) is 0 Å². The van der Waals surface area contributed by atoms with Gasteiger partial charge in [-0.3, -0.25) is 4.89 Å². The van der Waals surface area contributed by atoms with Crippen molar-refractivity contribution >= 4 is 31.3 Å². The zero-order chi connectivity index (χ0) is 21.5. The second kappa shape index (κ2) is 23.4. The van der Waals surface area contributed by atoms with Gasteiger partial charge >= 0.3 is 7.82 Å². The molecule has 0 aliphatic heterocycles. The Balaban J connectivity index is 3.31. The summed E-state index contributed by atoms with van der Waals surface area (Å²) in [6, 6.07) is 0. The van der Waals surface area contributed by atoms with Gasteiger partial charge in [-0.05, 0) is 24.3 Å². The third-order valence-electron chi connectivity index (χ3n) is 4.20. The molecule has 0 radical (unpaired) electrons. The van der Waals surface area contributed by atoms with Crippen LogP contribution in [0.15, 0.2) is 0 Å². The molecule has 0 fully saturated rings. The first-order chi connectivity index (χ1) is 14.1. The third-order valence-corrected chi connectivity index (χ3v) is 6.85. The number of rotatable bonds is 24. The maximum Gasteiger partial charge on any atom is 0.526 e. The minimum Gasteiger partial charge on any atom is -0.299 e. The van der Waals surface area contributed by atoms with Gasteiger partial charge in [-0.15, -0.1) is 9.35 Å². The SMILES string of the molecule is CCCCCCCCSCCOOP(=O)(O)OOCCSCCCCCCCC. The summed E-state index contributed by atoms with van der Waals surface area (Å²) in [6.45, 7) is 4.92. The van der Waals surface area contributed by atoms with Gasteiger partial charge in [0.1, 0.15) is 0 Å². The topological polar surface area (TPSA) is 74.2 Å². The van der Waals surface area contributed by atoms with Crippen LogP contribution in [0, 0.1) is 0 Å². The lowest BCUT2D eigenvalue weighted by atomic mass is 10.1. The van der Waals surface area contributed by atoms with Crippen LogP contribution >= 0.6 is 31.3 Å². The van der Waals surface area contributed by atoms with E-state index in [0.29, 0.717) is 11.5 Å². The Hall–Kier alpha value is 0.730. The molecule has 29 heavy (non-hydrogen) atoms. The summed E-state index contributed by atoms with van der Waals surface area (Å²) >= 11 is 3.51. The van der Waals surface area contributed by atoms with Crippen LogP contribution in [-0.4, -0.2) is 41.1 Å². The summed E-state index contributed by atoms with van der Waals surface area (Å²) in [5.41, 5.74) is 0. The molecule has 0 bridgehead atoms. The summed E-state index contributed by atoms with van der Waals surface area (Å²) in [7, 11) is -4.31. The van der Waals surface area contributed by atoms with Crippen LogP contribution in [0.3, 0.4) is 0 Å².